The minimum Gasteiger partial charge on any atom is -0.299 e. The molecule has 0 aliphatic heterocycles. The van der Waals surface area contributed by atoms with Gasteiger partial charge in [0.25, 0.3) is 0 Å². The molecule has 2 bridgehead atoms. The van der Waals surface area contributed by atoms with Crippen molar-refractivity contribution in [3.63, 3.8) is 0 Å². The van der Waals surface area contributed by atoms with Crippen LogP contribution in [0.5, 0.6) is 0 Å². The summed E-state index contributed by atoms with van der Waals surface area (Å²) < 4.78 is 4.72. The van der Waals surface area contributed by atoms with Gasteiger partial charge in [0.05, 0.1) is 15.1 Å². The van der Waals surface area contributed by atoms with Crippen molar-refractivity contribution in [2.75, 3.05) is 0 Å². The number of thiophene rings is 2. The second-order valence-corrected chi connectivity index (χ2v) is 13.1. The van der Waals surface area contributed by atoms with Gasteiger partial charge < -0.3 is 0 Å². The predicted octanol–water partition coefficient (Wildman–Crippen LogP) is 6.56. The van der Waals surface area contributed by atoms with E-state index < -0.39 is 0 Å². The molecule has 2 heterocycles. The molecule has 0 amide bonds. The molecule has 2 aromatic heterocycles. The number of hydrogen-bond donors (Lipinski definition) is 0. The van der Waals surface area contributed by atoms with E-state index in [0.717, 1.165) is 25.7 Å². The molecule has 4 rings (SSSR count). The number of rotatable bonds is 0. The fourth-order valence-electron chi connectivity index (χ4n) is 3.56. The van der Waals surface area contributed by atoms with Gasteiger partial charge in [0.1, 0.15) is 5.78 Å². The van der Waals surface area contributed by atoms with Gasteiger partial charge in [-0.1, -0.05) is 0 Å². The van der Waals surface area contributed by atoms with Gasteiger partial charge in [-0.15, -0.1) is 22.7 Å². The van der Waals surface area contributed by atoms with Crippen molar-refractivity contribution in [1.29, 1.82) is 0 Å². The van der Waals surface area contributed by atoms with Crippen molar-refractivity contribution in [2.45, 2.75) is 25.7 Å². The third-order valence-electron chi connectivity index (χ3n) is 4.64. The zero-order valence-corrected chi connectivity index (χ0v) is 19.2. The van der Waals surface area contributed by atoms with Crippen LogP contribution in [0.3, 0.4) is 0 Å². The number of halogens is 4. The van der Waals surface area contributed by atoms with Crippen molar-refractivity contribution in [2.24, 2.45) is 11.8 Å². The number of fused-ring (bicyclic) bond motifs is 4. The zero-order valence-electron chi connectivity index (χ0n) is 11.2. The highest BCUT2D eigenvalue weighted by Crippen LogP contribution is 2.47. The lowest BCUT2D eigenvalue weighted by molar-refractivity contribution is -0.126. The van der Waals surface area contributed by atoms with Crippen LogP contribution in [0.25, 0.3) is 0 Å². The molecule has 7 heteroatoms. The van der Waals surface area contributed by atoms with Crippen LogP contribution in [-0.2, 0) is 30.5 Å². The topological polar surface area (TPSA) is 17.1 Å². The highest BCUT2D eigenvalue weighted by Gasteiger charge is 2.39. The van der Waals surface area contributed by atoms with E-state index in [2.05, 4.69) is 63.7 Å². The largest absolute Gasteiger partial charge is 0.299 e. The molecule has 0 unspecified atom stereocenters. The minimum absolute atomic E-state index is 0.100. The van der Waals surface area contributed by atoms with E-state index in [-0.39, 0.29) is 11.8 Å². The van der Waals surface area contributed by atoms with Crippen LogP contribution in [0, 0.1) is 11.8 Å². The summed E-state index contributed by atoms with van der Waals surface area (Å²) in [5.74, 6) is 0.645. The lowest BCUT2D eigenvalue weighted by Gasteiger charge is -2.14. The molecule has 0 radical (unpaired) electrons. The van der Waals surface area contributed by atoms with Crippen LogP contribution in [0.4, 0.5) is 0 Å². The van der Waals surface area contributed by atoms with Crippen molar-refractivity contribution in [3.8, 4) is 0 Å². The van der Waals surface area contributed by atoms with Crippen molar-refractivity contribution in [1.82, 2.24) is 0 Å². The summed E-state index contributed by atoms with van der Waals surface area (Å²) in [6.45, 7) is 0. The quantitative estimate of drug-likeness (QED) is 0.340. The Kier molecular flexibility index (Phi) is 4.53. The molecule has 22 heavy (non-hydrogen) atoms. The lowest BCUT2D eigenvalue weighted by Crippen LogP contribution is -2.24. The van der Waals surface area contributed by atoms with Crippen molar-refractivity contribution < 1.29 is 4.79 Å². The van der Waals surface area contributed by atoms with Gasteiger partial charge in [-0.25, -0.2) is 0 Å². The fourth-order valence-corrected chi connectivity index (χ4v) is 10.0. The Balaban J connectivity index is 1.84. The van der Waals surface area contributed by atoms with Gasteiger partial charge in [0.15, 0.2) is 0 Å². The standard InChI is InChI=1S/C15H10Br4OS2/c16-12-7-1-5-2-9-10(15(19)22-14(9)18)4-6(11(5)20)3-8(7)13(17)21-12/h5-6H,1-4H2. The van der Waals surface area contributed by atoms with E-state index >= 15 is 0 Å². The molecule has 0 saturated carbocycles. The van der Waals surface area contributed by atoms with Crippen LogP contribution < -0.4 is 0 Å². The Labute approximate surface area is 170 Å². The van der Waals surface area contributed by atoms with Crippen LogP contribution >= 0.6 is 86.4 Å². The number of hydrogen-bond acceptors (Lipinski definition) is 3. The third kappa shape index (κ3) is 2.58. The molecule has 0 fully saturated rings. The van der Waals surface area contributed by atoms with Gasteiger partial charge in [-0.05, 0) is 112 Å². The first-order chi connectivity index (χ1) is 10.5. The number of carbonyl (C=O) groups is 1. The first-order valence-corrected chi connectivity index (χ1v) is 11.7. The Bertz CT molecular complexity index is 675. The number of carbonyl (C=O) groups excluding carboxylic acids is 1. The van der Waals surface area contributed by atoms with E-state index in [0.29, 0.717) is 5.78 Å². The summed E-state index contributed by atoms with van der Waals surface area (Å²) in [6.07, 6.45) is 3.42. The summed E-state index contributed by atoms with van der Waals surface area (Å²) in [4.78, 5) is 13.0. The van der Waals surface area contributed by atoms with Crippen molar-refractivity contribution >= 4 is 92.2 Å². The van der Waals surface area contributed by atoms with Gasteiger partial charge >= 0.3 is 0 Å². The van der Waals surface area contributed by atoms with Crippen LogP contribution in [-0.4, -0.2) is 5.78 Å². The van der Waals surface area contributed by atoms with Crippen molar-refractivity contribution in [3.05, 3.63) is 37.4 Å². The molecular formula is C15H10Br4OS2. The Hall–Kier alpha value is 0.990. The van der Waals surface area contributed by atoms with Gasteiger partial charge in [-0.3, -0.25) is 4.79 Å². The van der Waals surface area contributed by atoms with Crippen LogP contribution in [0.1, 0.15) is 22.3 Å². The minimum atomic E-state index is 0.100. The Morgan fingerprint density at radius 2 is 0.909 bits per heavy atom. The summed E-state index contributed by atoms with van der Waals surface area (Å²) >= 11 is 18.2. The molecule has 1 nitrogen and oxygen atoms in total. The molecule has 0 aromatic carbocycles. The normalized spacial score (nSPS) is 23.7. The molecule has 0 atom stereocenters. The second kappa shape index (κ2) is 6.06. The maximum Gasteiger partial charge on any atom is 0.140 e. The van der Waals surface area contributed by atoms with Gasteiger partial charge in [0, 0.05) is 11.8 Å². The van der Waals surface area contributed by atoms with Gasteiger partial charge in [0.2, 0.25) is 0 Å². The molecule has 0 N–H and O–H groups in total. The maximum absolute atomic E-state index is 13.0. The maximum atomic E-state index is 13.0. The van der Waals surface area contributed by atoms with E-state index in [1.165, 1.54) is 37.4 Å². The van der Waals surface area contributed by atoms with E-state index in [9.17, 15) is 4.79 Å². The molecule has 2 aliphatic rings. The van der Waals surface area contributed by atoms with E-state index in [1.807, 2.05) is 0 Å². The highest BCUT2D eigenvalue weighted by molar-refractivity contribution is 9.12. The number of ketones is 1. The SMILES string of the molecule is O=C1C2Cc3c(Br)sc(Br)c3CC1Cc1c(Br)sc(Br)c1C2. The molecule has 2 aliphatic carbocycles. The van der Waals surface area contributed by atoms with Gasteiger partial charge in [-0.2, -0.15) is 0 Å². The average molecular weight is 590 g/mol. The highest BCUT2D eigenvalue weighted by atomic mass is 79.9. The smallest absolute Gasteiger partial charge is 0.140 e. The average Bonchev–Trinajstić information content (AvgIpc) is 2.75. The lowest BCUT2D eigenvalue weighted by atomic mass is 9.89. The second-order valence-electron chi connectivity index (χ2n) is 5.83. The van der Waals surface area contributed by atoms with Crippen LogP contribution in [0.15, 0.2) is 15.1 Å². The molecule has 0 spiro atoms. The summed E-state index contributed by atoms with van der Waals surface area (Å²) in [6, 6.07) is 0. The summed E-state index contributed by atoms with van der Waals surface area (Å²) in [5, 5.41) is 0. The zero-order chi connectivity index (χ0) is 15.6. The molecule has 116 valence electrons. The first-order valence-electron chi connectivity index (χ1n) is 6.90. The summed E-state index contributed by atoms with van der Waals surface area (Å²) in [5.41, 5.74) is 5.36. The van der Waals surface area contributed by atoms with E-state index in [1.54, 1.807) is 22.7 Å². The monoisotopic (exact) mass is 586 g/mol. The molecular weight excluding hydrogens is 580 g/mol. The molecule has 0 saturated heterocycles. The number of Topliss-reactive ketones (excluding diaryl/α,β-unsaturated/α-hetero) is 1. The van der Waals surface area contributed by atoms with Crippen LogP contribution in [0.2, 0.25) is 0 Å². The predicted molar refractivity (Wildman–Crippen MR) is 106 cm³/mol. The summed E-state index contributed by atoms with van der Waals surface area (Å²) in [7, 11) is 0. The Morgan fingerprint density at radius 3 is 1.18 bits per heavy atom. The fraction of sp³-hybridized carbons (Fsp3) is 0.400. The molecule has 2 aromatic rings. The van der Waals surface area contributed by atoms with E-state index in [4.69, 9.17) is 0 Å². The first kappa shape index (κ1) is 16.5. The Morgan fingerprint density at radius 1 is 0.636 bits per heavy atom. The third-order valence-corrected chi connectivity index (χ3v) is 10.2.